The third-order valence-corrected chi connectivity index (χ3v) is 4.65. The summed E-state index contributed by atoms with van der Waals surface area (Å²) in [5, 5.41) is 0. The summed E-state index contributed by atoms with van der Waals surface area (Å²) >= 11 is 0. The highest BCUT2D eigenvalue weighted by atomic mass is 32.2. The van der Waals surface area contributed by atoms with Crippen LogP contribution < -0.4 is 4.18 Å². The van der Waals surface area contributed by atoms with Gasteiger partial charge in [0.25, 0.3) is 0 Å². The van der Waals surface area contributed by atoms with Crippen LogP contribution in [0, 0.1) is 0 Å². The van der Waals surface area contributed by atoms with Crippen molar-refractivity contribution in [2.75, 3.05) is 26.0 Å². The van der Waals surface area contributed by atoms with Gasteiger partial charge in [-0.05, 0) is 29.7 Å². The minimum atomic E-state index is -3.55. The average molecular weight is 375 g/mol. The van der Waals surface area contributed by atoms with Crippen molar-refractivity contribution in [1.82, 2.24) is 4.90 Å². The molecule has 2 aromatic carbocycles. The number of nitrogens with zero attached hydrogens (tertiary/aromatic N) is 1. The first-order valence-corrected chi connectivity index (χ1v) is 10.1. The van der Waals surface area contributed by atoms with Crippen LogP contribution in [0.1, 0.15) is 17.2 Å². The van der Waals surface area contributed by atoms with E-state index in [0.717, 1.165) is 18.2 Å². The second-order valence-electron chi connectivity index (χ2n) is 6.23. The van der Waals surface area contributed by atoms with Gasteiger partial charge in [0.1, 0.15) is 18.5 Å². The monoisotopic (exact) mass is 375 g/mol. The number of benzene rings is 2. The van der Waals surface area contributed by atoms with Crippen LogP contribution in [0.25, 0.3) is 0 Å². The fourth-order valence-electron chi connectivity index (χ4n) is 2.86. The number of ether oxygens (including phenoxy) is 1. The van der Waals surface area contributed by atoms with Gasteiger partial charge in [0.15, 0.2) is 0 Å². The molecule has 0 bridgehead atoms. The molecule has 7 heteroatoms. The molecule has 138 valence electrons. The predicted octanol–water partition coefficient (Wildman–Crippen LogP) is 2.17. The molecule has 2 aromatic rings. The zero-order valence-electron chi connectivity index (χ0n) is 14.5. The van der Waals surface area contributed by atoms with Gasteiger partial charge in [-0.1, -0.05) is 42.5 Å². The van der Waals surface area contributed by atoms with Crippen molar-refractivity contribution in [1.29, 1.82) is 0 Å². The van der Waals surface area contributed by atoms with E-state index in [4.69, 9.17) is 8.92 Å². The molecule has 0 saturated carbocycles. The second kappa shape index (κ2) is 7.88. The zero-order valence-corrected chi connectivity index (χ0v) is 15.3. The molecule has 0 spiro atoms. The van der Waals surface area contributed by atoms with E-state index in [0.29, 0.717) is 13.1 Å². The smallest absolute Gasteiger partial charge is 0.306 e. The van der Waals surface area contributed by atoms with E-state index in [-0.39, 0.29) is 24.4 Å². The Labute approximate surface area is 153 Å². The summed E-state index contributed by atoms with van der Waals surface area (Å²) in [4.78, 5) is 13.9. The van der Waals surface area contributed by atoms with Crippen molar-refractivity contribution in [2.24, 2.45) is 0 Å². The van der Waals surface area contributed by atoms with E-state index >= 15 is 0 Å². The van der Waals surface area contributed by atoms with Gasteiger partial charge in [-0.3, -0.25) is 4.79 Å². The molecule has 1 fully saturated rings. The van der Waals surface area contributed by atoms with Crippen LogP contribution in [0.5, 0.6) is 5.75 Å². The van der Waals surface area contributed by atoms with Gasteiger partial charge >= 0.3 is 10.1 Å². The molecule has 1 heterocycles. The number of morpholine rings is 1. The first-order chi connectivity index (χ1) is 12.4. The lowest BCUT2D eigenvalue weighted by Crippen LogP contribution is -2.44. The maximum Gasteiger partial charge on any atom is 0.306 e. The highest BCUT2D eigenvalue weighted by Crippen LogP contribution is 2.25. The van der Waals surface area contributed by atoms with Gasteiger partial charge in [0, 0.05) is 6.54 Å². The second-order valence-corrected chi connectivity index (χ2v) is 7.81. The minimum Gasteiger partial charge on any atom is -0.383 e. The van der Waals surface area contributed by atoms with Crippen molar-refractivity contribution in [3.63, 3.8) is 0 Å². The molecule has 1 saturated heterocycles. The number of hydrogen-bond donors (Lipinski definition) is 0. The Morgan fingerprint density at radius 2 is 1.81 bits per heavy atom. The van der Waals surface area contributed by atoms with Crippen LogP contribution >= 0.6 is 0 Å². The average Bonchev–Trinajstić information content (AvgIpc) is 2.61. The van der Waals surface area contributed by atoms with E-state index < -0.39 is 10.1 Å². The van der Waals surface area contributed by atoms with E-state index in [9.17, 15) is 13.2 Å². The van der Waals surface area contributed by atoms with Crippen molar-refractivity contribution in [3.8, 4) is 5.75 Å². The first-order valence-electron chi connectivity index (χ1n) is 8.33. The Morgan fingerprint density at radius 1 is 1.12 bits per heavy atom. The number of amides is 1. The highest BCUT2D eigenvalue weighted by molar-refractivity contribution is 7.86. The third-order valence-electron chi connectivity index (χ3n) is 4.16. The quantitative estimate of drug-likeness (QED) is 0.724. The molecule has 3 rings (SSSR count). The summed E-state index contributed by atoms with van der Waals surface area (Å²) in [6, 6.07) is 16.7. The van der Waals surface area contributed by atoms with Crippen molar-refractivity contribution < 1.29 is 22.1 Å². The molecule has 0 aliphatic carbocycles. The van der Waals surface area contributed by atoms with Crippen LogP contribution in [-0.4, -0.2) is 45.2 Å². The highest BCUT2D eigenvalue weighted by Gasteiger charge is 2.27. The van der Waals surface area contributed by atoms with Gasteiger partial charge in [0.05, 0.1) is 12.8 Å². The maximum atomic E-state index is 12.1. The molecule has 1 aliphatic heterocycles. The summed E-state index contributed by atoms with van der Waals surface area (Å²) in [5.41, 5.74) is 2.06. The van der Waals surface area contributed by atoms with Crippen molar-refractivity contribution in [2.45, 2.75) is 12.5 Å². The van der Waals surface area contributed by atoms with Gasteiger partial charge in [-0.2, -0.15) is 8.42 Å². The van der Waals surface area contributed by atoms with Crippen LogP contribution in [0.15, 0.2) is 54.6 Å². The van der Waals surface area contributed by atoms with Gasteiger partial charge in [0.2, 0.25) is 5.91 Å². The Hall–Kier alpha value is -2.38. The Morgan fingerprint density at radius 3 is 2.46 bits per heavy atom. The zero-order chi connectivity index (χ0) is 18.6. The molecule has 1 aliphatic rings. The molecule has 0 N–H and O–H groups in total. The van der Waals surface area contributed by atoms with Gasteiger partial charge in [-0.25, -0.2) is 0 Å². The summed E-state index contributed by atoms with van der Waals surface area (Å²) in [7, 11) is -3.55. The molecule has 0 aromatic heterocycles. The summed E-state index contributed by atoms with van der Waals surface area (Å²) in [6.07, 6.45) is 1.55. The summed E-state index contributed by atoms with van der Waals surface area (Å²) in [6.45, 7) is 1.15. The SMILES string of the molecule is CS(=O)(=O)Oc1ccc([C@H]2CN(CCc3ccccc3)C(=O)CO2)cc1. The lowest BCUT2D eigenvalue weighted by atomic mass is 10.1. The molecule has 1 atom stereocenters. The molecule has 26 heavy (non-hydrogen) atoms. The molecule has 1 amide bonds. The topological polar surface area (TPSA) is 72.9 Å². The van der Waals surface area contributed by atoms with E-state index in [1.165, 1.54) is 5.56 Å². The normalized spacial score (nSPS) is 18.0. The van der Waals surface area contributed by atoms with E-state index in [2.05, 4.69) is 0 Å². The largest absolute Gasteiger partial charge is 0.383 e. The maximum absolute atomic E-state index is 12.1. The standard InChI is InChI=1S/C19H21NO5S/c1-26(22,23)25-17-9-7-16(8-10-17)18-13-20(19(21)14-24-18)12-11-15-5-3-2-4-6-15/h2-10,18H,11-14H2,1H3/t18-/m1/s1. The molecule has 0 unspecified atom stereocenters. The van der Waals surface area contributed by atoms with Crippen molar-refractivity contribution >= 4 is 16.0 Å². The first kappa shape index (κ1) is 18.4. The Balaban J connectivity index is 1.63. The Kier molecular flexibility index (Phi) is 5.58. The summed E-state index contributed by atoms with van der Waals surface area (Å²) in [5.74, 6) is 0.235. The minimum absolute atomic E-state index is 0.0192. The predicted molar refractivity (Wildman–Crippen MR) is 97.3 cm³/mol. The fraction of sp³-hybridized carbons (Fsp3) is 0.316. The number of hydrogen-bond acceptors (Lipinski definition) is 5. The molecular weight excluding hydrogens is 354 g/mol. The van der Waals surface area contributed by atoms with Crippen LogP contribution in [0.4, 0.5) is 0 Å². The van der Waals surface area contributed by atoms with Gasteiger partial charge in [-0.15, -0.1) is 0 Å². The van der Waals surface area contributed by atoms with E-state index in [1.807, 2.05) is 35.2 Å². The fourth-order valence-corrected chi connectivity index (χ4v) is 3.32. The number of carbonyl (C=O) groups is 1. The number of rotatable bonds is 6. The number of carbonyl (C=O) groups excluding carboxylic acids is 1. The third kappa shape index (κ3) is 5.06. The van der Waals surface area contributed by atoms with Gasteiger partial charge < -0.3 is 13.8 Å². The van der Waals surface area contributed by atoms with Crippen LogP contribution in [0.2, 0.25) is 0 Å². The van der Waals surface area contributed by atoms with Crippen LogP contribution in [-0.2, 0) is 26.1 Å². The summed E-state index contributed by atoms with van der Waals surface area (Å²) < 4.78 is 32.8. The van der Waals surface area contributed by atoms with Crippen LogP contribution in [0.3, 0.4) is 0 Å². The van der Waals surface area contributed by atoms with E-state index in [1.54, 1.807) is 24.3 Å². The van der Waals surface area contributed by atoms with Crippen molar-refractivity contribution in [3.05, 3.63) is 65.7 Å². The lowest BCUT2D eigenvalue weighted by Gasteiger charge is -2.33. The Bertz CT molecular complexity index is 849. The molecular formula is C19H21NO5S. The lowest BCUT2D eigenvalue weighted by molar-refractivity contribution is -0.149. The molecule has 0 radical (unpaired) electrons. The molecule has 6 nitrogen and oxygen atoms in total.